The number of amides is 1. The van der Waals surface area contributed by atoms with Gasteiger partial charge in [0, 0.05) is 11.4 Å². The highest BCUT2D eigenvalue weighted by molar-refractivity contribution is 6.31. The Morgan fingerprint density at radius 3 is 2.00 bits per heavy atom. The predicted octanol–water partition coefficient (Wildman–Crippen LogP) is 4.26. The van der Waals surface area contributed by atoms with Crippen molar-refractivity contribution in [3.63, 3.8) is 0 Å². The molecular weight excluding hydrogens is 374 g/mol. The number of aliphatic carboxylic acids is 1. The first-order valence-electron chi connectivity index (χ1n) is 9.01. The van der Waals surface area contributed by atoms with Crippen LogP contribution in [0.4, 0.5) is 0 Å². The molecular formula is C23H18ClNO3. The van der Waals surface area contributed by atoms with E-state index >= 15 is 0 Å². The third kappa shape index (κ3) is 3.27. The lowest BCUT2D eigenvalue weighted by Crippen LogP contribution is -2.44. The largest absolute Gasteiger partial charge is 0.480 e. The normalized spacial score (nSPS) is 13.5. The summed E-state index contributed by atoms with van der Waals surface area (Å²) in [6, 6.07) is 21.5. The molecule has 28 heavy (non-hydrogen) atoms. The zero-order valence-electron chi connectivity index (χ0n) is 14.9. The maximum absolute atomic E-state index is 13.2. The maximum atomic E-state index is 13.2. The van der Waals surface area contributed by atoms with Crippen LogP contribution in [-0.2, 0) is 16.0 Å². The third-order valence-electron chi connectivity index (χ3n) is 5.09. The van der Waals surface area contributed by atoms with Gasteiger partial charge in [0.2, 0.25) is 5.91 Å². The van der Waals surface area contributed by atoms with E-state index in [1.54, 1.807) is 24.3 Å². The van der Waals surface area contributed by atoms with Crippen molar-refractivity contribution in [2.24, 2.45) is 0 Å². The van der Waals surface area contributed by atoms with E-state index in [0.717, 1.165) is 22.3 Å². The summed E-state index contributed by atoms with van der Waals surface area (Å²) in [5.74, 6) is -1.94. The van der Waals surface area contributed by atoms with Crippen molar-refractivity contribution in [2.75, 3.05) is 0 Å². The number of carboxylic acids is 1. The van der Waals surface area contributed by atoms with Gasteiger partial charge in [-0.1, -0.05) is 78.3 Å². The van der Waals surface area contributed by atoms with Crippen molar-refractivity contribution in [3.05, 3.63) is 94.5 Å². The second kappa shape index (κ2) is 7.49. The molecule has 4 rings (SSSR count). The molecule has 0 unspecified atom stereocenters. The molecule has 1 amide bonds. The van der Waals surface area contributed by atoms with Crippen LogP contribution in [0.1, 0.15) is 22.6 Å². The predicted molar refractivity (Wildman–Crippen MR) is 108 cm³/mol. The molecule has 0 fully saturated rings. The molecule has 4 nitrogen and oxygen atoms in total. The van der Waals surface area contributed by atoms with Gasteiger partial charge in [0.25, 0.3) is 0 Å². The fourth-order valence-electron chi connectivity index (χ4n) is 3.78. The van der Waals surface area contributed by atoms with Crippen LogP contribution in [0, 0.1) is 0 Å². The first-order chi connectivity index (χ1) is 13.6. The average Bonchev–Trinajstić information content (AvgIpc) is 3.03. The van der Waals surface area contributed by atoms with Crippen LogP contribution in [0.25, 0.3) is 11.1 Å². The minimum Gasteiger partial charge on any atom is -0.480 e. The molecule has 3 aromatic carbocycles. The zero-order valence-corrected chi connectivity index (χ0v) is 15.7. The molecule has 2 N–H and O–H groups in total. The molecule has 0 aliphatic heterocycles. The van der Waals surface area contributed by atoms with Gasteiger partial charge in [-0.25, -0.2) is 4.79 Å². The second-order valence-corrected chi connectivity index (χ2v) is 7.21. The molecule has 0 bridgehead atoms. The quantitative estimate of drug-likeness (QED) is 0.682. The standard InChI is InChI=1S/C23H18ClNO3/c24-19-12-6-1-7-14(19)13-20(23(27)28)25-22(26)21-17-10-4-2-8-15(17)16-9-3-5-11-18(16)21/h1-12,20-21H,13H2,(H,25,26)(H,27,28)/t20-/m0/s1. The number of carbonyl (C=O) groups excluding carboxylic acids is 1. The number of hydrogen-bond donors (Lipinski definition) is 2. The maximum Gasteiger partial charge on any atom is 0.326 e. The van der Waals surface area contributed by atoms with E-state index in [1.807, 2.05) is 48.5 Å². The summed E-state index contributed by atoms with van der Waals surface area (Å²) in [6.45, 7) is 0. The highest BCUT2D eigenvalue weighted by atomic mass is 35.5. The molecule has 1 atom stereocenters. The number of halogens is 1. The van der Waals surface area contributed by atoms with Crippen LogP contribution in [0.5, 0.6) is 0 Å². The number of hydrogen-bond acceptors (Lipinski definition) is 2. The topological polar surface area (TPSA) is 66.4 Å². The number of carboxylic acid groups (broad SMARTS) is 1. The Balaban J connectivity index is 1.63. The zero-order chi connectivity index (χ0) is 19.7. The van der Waals surface area contributed by atoms with Crippen molar-refractivity contribution in [1.82, 2.24) is 5.32 Å². The Morgan fingerprint density at radius 1 is 0.893 bits per heavy atom. The van der Waals surface area contributed by atoms with Gasteiger partial charge in [0.15, 0.2) is 0 Å². The SMILES string of the molecule is O=C(N[C@@H](Cc1ccccc1Cl)C(=O)O)C1c2ccccc2-c2ccccc21. The lowest BCUT2D eigenvalue weighted by Gasteiger charge is -2.19. The molecule has 0 aromatic heterocycles. The number of rotatable bonds is 5. The molecule has 0 spiro atoms. The summed E-state index contributed by atoms with van der Waals surface area (Å²) >= 11 is 6.16. The highest BCUT2D eigenvalue weighted by Gasteiger charge is 2.35. The van der Waals surface area contributed by atoms with E-state index in [0.29, 0.717) is 10.6 Å². The number of carbonyl (C=O) groups is 2. The van der Waals surface area contributed by atoms with Crippen molar-refractivity contribution in [3.8, 4) is 11.1 Å². The molecule has 0 radical (unpaired) electrons. The Labute approximate surface area is 167 Å². The van der Waals surface area contributed by atoms with Crippen LogP contribution in [-0.4, -0.2) is 23.0 Å². The van der Waals surface area contributed by atoms with Crippen LogP contribution in [0.15, 0.2) is 72.8 Å². The van der Waals surface area contributed by atoms with Gasteiger partial charge < -0.3 is 10.4 Å². The van der Waals surface area contributed by atoms with Gasteiger partial charge in [0.1, 0.15) is 6.04 Å². The van der Waals surface area contributed by atoms with E-state index < -0.39 is 17.9 Å². The average molecular weight is 392 g/mol. The third-order valence-corrected chi connectivity index (χ3v) is 5.46. The van der Waals surface area contributed by atoms with Crippen molar-refractivity contribution >= 4 is 23.5 Å². The van der Waals surface area contributed by atoms with Crippen LogP contribution >= 0.6 is 11.6 Å². The Kier molecular flexibility index (Phi) is 4.88. The summed E-state index contributed by atoms with van der Waals surface area (Å²) in [5, 5.41) is 12.9. The molecule has 1 aliphatic carbocycles. The first-order valence-corrected chi connectivity index (χ1v) is 9.39. The molecule has 5 heteroatoms. The molecule has 3 aromatic rings. The molecule has 0 saturated heterocycles. The lowest BCUT2D eigenvalue weighted by atomic mass is 9.95. The summed E-state index contributed by atoms with van der Waals surface area (Å²) in [4.78, 5) is 25.0. The van der Waals surface area contributed by atoms with E-state index in [9.17, 15) is 14.7 Å². The van der Waals surface area contributed by atoms with Gasteiger partial charge >= 0.3 is 5.97 Å². The summed E-state index contributed by atoms with van der Waals surface area (Å²) in [5.41, 5.74) is 4.49. The number of benzene rings is 3. The van der Waals surface area contributed by atoms with Crippen molar-refractivity contribution < 1.29 is 14.7 Å². The summed E-state index contributed by atoms with van der Waals surface area (Å²) in [7, 11) is 0. The van der Waals surface area contributed by atoms with Crippen LogP contribution in [0.3, 0.4) is 0 Å². The van der Waals surface area contributed by atoms with E-state index in [1.165, 1.54) is 0 Å². The fraction of sp³-hybridized carbons (Fsp3) is 0.130. The van der Waals surface area contributed by atoms with E-state index in [-0.39, 0.29) is 12.3 Å². The fourth-order valence-corrected chi connectivity index (χ4v) is 3.99. The number of fused-ring (bicyclic) bond motifs is 3. The smallest absolute Gasteiger partial charge is 0.326 e. The first kappa shape index (κ1) is 18.3. The Hall–Kier alpha value is -3.11. The van der Waals surface area contributed by atoms with Gasteiger partial charge in [-0.05, 0) is 33.9 Å². The second-order valence-electron chi connectivity index (χ2n) is 6.80. The van der Waals surface area contributed by atoms with Gasteiger partial charge in [-0.15, -0.1) is 0 Å². The van der Waals surface area contributed by atoms with Gasteiger partial charge in [-0.2, -0.15) is 0 Å². The van der Waals surface area contributed by atoms with Crippen molar-refractivity contribution in [1.29, 1.82) is 0 Å². The van der Waals surface area contributed by atoms with Crippen molar-refractivity contribution in [2.45, 2.75) is 18.4 Å². The minimum absolute atomic E-state index is 0.122. The number of nitrogens with one attached hydrogen (secondary N) is 1. The van der Waals surface area contributed by atoms with E-state index in [4.69, 9.17) is 11.6 Å². The monoisotopic (exact) mass is 391 g/mol. The van der Waals surface area contributed by atoms with Crippen LogP contribution < -0.4 is 5.32 Å². The van der Waals surface area contributed by atoms with Gasteiger partial charge in [0.05, 0.1) is 5.92 Å². The molecule has 0 heterocycles. The molecule has 0 saturated carbocycles. The molecule has 1 aliphatic rings. The highest BCUT2D eigenvalue weighted by Crippen LogP contribution is 2.44. The Morgan fingerprint density at radius 2 is 1.43 bits per heavy atom. The lowest BCUT2D eigenvalue weighted by molar-refractivity contribution is -0.141. The van der Waals surface area contributed by atoms with Gasteiger partial charge in [-0.3, -0.25) is 4.79 Å². The minimum atomic E-state index is -1.09. The molecule has 140 valence electrons. The van der Waals surface area contributed by atoms with E-state index in [2.05, 4.69) is 5.32 Å². The Bertz CT molecular complexity index is 1020. The van der Waals surface area contributed by atoms with Crippen LogP contribution in [0.2, 0.25) is 5.02 Å². The summed E-state index contributed by atoms with van der Waals surface area (Å²) < 4.78 is 0. The summed E-state index contributed by atoms with van der Waals surface area (Å²) in [6.07, 6.45) is 0.122.